The monoisotopic (exact) mass is 355 g/mol. The van der Waals surface area contributed by atoms with Crippen molar-refractivity contribution in [1.82, 2.24) is 4.98 Å². The average molecular weight is 356 g/mol. The fourth-order valence-corrected chi connectivity index (χ4v) is 1.83. The molecule has 0 aliphatic carbocycles. The van der Waals surface area contributed by atoms with Crippen molar-refractivity contribution in [2.75, 3.05) is 0 Å². The number of hydrogen-bond donors (Lipinski definition) is 0. The molecule has 0 amide bonds. The van der Waals surface area contributed by atoms with Crippen LogP contribution in [0.3, 0.4) is 0 Å². The van der Waals surface area contributed by atoms with E-state index in [0.29, 0.717) is 0 Å². The Kier molecular flexibility index (Phi) is 4.09. The maximum absolute atomic E-state index is 13.6. The molecular formula is C12H4BrF2N3O3. The number of nitrogens with zero attached hydrogens (tertiary/aromatic N) is 3. The van der Waals surface area contributed by atoms with E-state index in [1.165, 1.54) is 0 Å². The van der Waals surface area contributed by atoms with Gasteiger partial charge in [0.25, 0.3) is 5.88 Å². The number of benzene rings is 1. The van der Waals surface area contributed by atoms with Crippen LogP contribution >= 0.6 is 15.9 Å². The van der Waals surface area contributed by atoms with Gasteiger partial charge in [-0.3, -0.25) is 10.1 Å². The lowest BCUT2D eigenvalue weighted by atomic mass is 10.3. The molecule has 0 N–H and O–H groups in total. The Bertz CT molecular complexity index is 777. The molecule has 1 heterocycles. The Morgan fingerprint density at radius 3 is 2.71 bits per heavy atom. The summed E-state index contributed by atoms with van der Waals surface area (Å²) in [6, 6.07) is 4.58. The summed E-state index contributed by atoms with van der Waals surface area (Å²) in [5.74, 6) is -3.60. The minimum Gasteiger partial charge on any atom is -0.430 e. The van der Waals surface area contributed by atoms with Gasteiger partial charge < -0.3 is 4.74 Å². The van der Waals surface area contributed by atoms with Crippen molar-refractivity contribution >= 4 is 21.6 Å². The number of rotatable bonds is 3. The highest BCUT2D eigenvalue weighted by Gasteiger charge is 2.21. The summed E-state index contributed by atoms with van der Waals surface area (Å²) in [4.78, 5) is 13.6. The molecule has 1 aromatic carbocycles. The lowest BCUT2D eigenvalue weighted by molar-refractivity contribution is -0.386. The Morgan fingerprint density at radius 1 is 1.38 bits per heavy atom. The van der Waals surface area contributed by atoms with E-state index in [0.717, 1.165) is 24.4 Å². The SMILES string of the molecule is N#Cc1cnc(Oc2cc(Br)cc(F)c2F)c([N+](=O)[O-])c1. The van der Waals surface area contributed by atoms with E-state index in [1.54, 1.807) is 6.07 Å². The Balaban J connectivity index is 2.50. The molecule has 2 rings (SSSR count). The average Bonchev–Trinajstić information content (AvgIpc) is 2.44. The van der Waals surface area contributed by atoms with Gasteiger partial charge in [-0.2, -0.15) is 9.65 Å². The predicted octanol–water partition coefficient (Wildman–Crippen LogP) is 3.69. The number of ether oxygens (including phenoxy) is 1. The summed E-state index contributed by atoms with van der Waals surface area (Å²) in [6.45, 7) is 0. The molecule has 0 aliphatic heterocycles. The summed E-state index contributed by atoms with van der Waals surface area (Å²) in [7, 11) is 0. The van der Waals surface area contributed by atoms with Crippen molar-refractivity contribution < 1.29 is 18.4 Å². The third kappa shape index (κ3) is 3.11. The van der Waals surface area contributed by atoms with Gasteiger partial charge in [-0.25, -0.2) is 9.37 Å². The lowest BCUT2D eigenvalue weighted by Crippen LogP contribution is -1.99. The van der Waals surface area contributed by atoms with E-state index in [-0.39, 0.29) is 10.0 Å². The molecule has 0 fully saturated rings. The van der Waals surface area contributed by atoms with Gasteiger partial charge in [-0.15, -0.1) is 0 Å². The van der Waals surface area contributed by atoms with Crippen molar-refractivity contribution in [3.63, 3.8) is 0 Å². The summed E-state index contributed by atoms with van der Waals surface area (Å²) < 4.78 is 32.0. The zero-order valence-corrected chi connectivity index (χ0v) is 11.6. The fraction of sp³-hybridized carbons (Fsp3) is 0. The Morgan fingerprint density at radius 2 is 2.10 bits per heavy atom. The zero-order chi connectivity index (χ0) is 15.6. The van der Waals surface area contributed by atoms with E-state index in [1.807, 2.05) is 0 Å². The van der Waals surface area contributed by atoms with Crippen LogP contribution in [-0.2, 0) is 0 Å². The molecule has 0 radical (unpaired) electrons. The molecule has 0 bridgehead atoms. The first-order valence-corrected chi connectivity index (χ1v) is 6.08. The molecule has 0 saturated carbocycles. The van der Waals surface area contributed by atoms with Crippen molar-refractivity contribution in [2.24, 2.45) is 0 Å². The van der Waals surface area contributed by atoms with E-state index in [2.05, 4.69) is 20.9 Å². The number of hydrogen-bond acceptors (Lipinski definition) is 5. The van der Waals surface area contributed by atoms with E-state index >= 15 is 0 Å². The van der Waals surface area contributed by atoms with Gasteiger partial charge in [0.15, 0.2) is 11.6 Å². The van der Waals surface area contributed by atoms with Crippen molar-refractivity contribution in [1.29, 1.82) is 5.26 Å². The van der Waals surface area contributed by atoms with Crippen LogP contribution in [0.15, 0.2) is 28.9 Å². The molecule has 2 aromatic rings. The van der Waals surface area contributed by atoms with Crippen LogP contribution in [0, 0.1) is 33.1 Å². The smallest absolute Gasteiger partial charge is 0.332 e. The summed E-state index contributed by atoms with van der Waals surface area (Å²) in [6.07, 6.45) is 1.02. The number of aromatic nitrogens is 1. The molecule has 0 spiro atoms. The highest BCUT2D eigenvalue weighted by Crippen LogP contribution is 2.33. The van der Waals surface area contributed by atoms with Gasteiger partial charge >= 0.3 is 5.69 Å². The first-order chi connectivity index (χ1) is 9.92. The summed E-state index contributed by atoms with van der Waals surface area (Å²) in [5.41, 5.74) is -0.691. The summed E-state index contributed by atoms with van der Waals surface area (Å²) >= 11 is 2.95. The molecule has 0 unspecified atom stereocenters. The largest absolute Gasteiger partial charge is 0.430 e. The van der Waals surface area contributed by atoms with E-state index < -0.39 is 33.9 Å². The molecule has 0 atom stereocenters. The molecular weight excluding hydrogens is 352 g/mol. The second-order valence-electron chi connectivity index (χ2n) is 3.72. The van der Waals surface area contributed by atoms with Crippen LogP contribution in [-0.4, -0.2) is 9.91 Å². The van der Waals surface area contributed by atoms with Gasteiger partial charge in [0, 0.05) is 16.7 Å². The Hall–Kier alpha value is -2.60. The maximum Gasteiger partial charge on any atom is 0.332 e. The zero-order valence-electron chi connectivity index (χ0n) is 10.0. The molecule has 6 nitrogen and oxygen atoms in total. The van der Waals surface area contributed by atoms with Crippen molar-refractivity contribution in [2.45, 2.75) is 0 Å². The van der Waals surface area contributed by atoms with E-state index in [4.69, 9.17) is 10.00 Å². The van der Waals surface area contributed by atoms with Gasteiger partial charge in [0.05, 0.1) is 10.5 Å². The number of nitro groups is 1. The number of pyridine rings is 1. The molecule has 21 heavy (non-hydrogen) atoms. The van der Waals surface area contributed by atoms with Crippen molar-refractivity contribution in [3.05, 3.63) is 56.2 Å². The standard InChI is InChI=1S/C12H4BrF2N3O3/c13-7-2-8(14)11(15)10(3-7)21-12-9(18(19)20)1-6(4-16)5-17-12/h1-3,5H. The van der Waals surface area contributed by atoms with Crippen LogP contribution < -0.4 is 4.74 Å². The molecule has 0 aliphatic rings. The first-order valence-electron chi connectivity index (χ1n) is 5.29. The normalized spacial score (nSPS) is 10.0. The van der Waals surface area contributed by atoms with E-state index in [9.17, 15) is 18.9 Å². The highest BCUT2D eigenvalue weighted by molar-refractivity contribution is 9.10. The molecule has 106 valence electrons. The Labute approximate surface area is 124 Å². The van der Waals surface area contributed by atoms with Crippen LogP contribution in [0.5, 0.6) is 11.6 Å². The van der Waals surface area contributed by atoms with Crippen molar-refractivity contribution in [3.8, 4) is 17.7 Å². The van der Waals surface area contributed by atoms with Gasteiger partial charge in [-0.05, 0) is 12.1 Å². The van der Waals surface area contributed by atoms with Gasteiger partial charge in [-0.1, -0.05) is 15.9 Å². The second kappa shape index (κ2) is 5.80. The lowest BCUT2D eigenvalue weighted by Gasteiger charge is -2.07. The maximum atomic E-state index is 13.6. The second-order valence-corrected chi connectivity index (χ2v) is 4.63. The highest BCUT2D eigenvalue weighted by atomic mass is 79.9. The third-order valence-corrected chi connectivity index (χ3v) is 2.78. The van der Waals surface area contributed by atoms with Gasteiger partial charge in [0.1, 0.15) is 6.07 Å². The number of nitriles is 1. The minimum atomic E-state index is -1.31. The predicted molar refractivity (Wildman–Crippen MR) is 69.7 cm³/mol. The topological polar surface area (TPSA) is 89.0 Å². The fourth-order valence-electron chi connectivity index (χ4n) is 1.42. The number of halogens is 3. The first kappa shape index (κ1) is 14.8. The minimum absolute atomic E-state index is 0.0602. The van der Waals surface area contributed by atoms with Crippen LogP contribution in [0.2, 0.25) is 0 Å². The van der Waals surface area contributed by atoms with Crippen LogP contribution in [0.1, 0.15) is 5.56 Å². The molecule has 9 heteroatoms. The molecule has 1 aromatic heterocycles. The summed E-state index contributed by atoms with van der Waals surface area (Å²) in [5, 5.41) is 19.6. The quantitative estimate of drug-likeness (QED) is 0.475. The van der Waals surface area contributed by atoms with Crippen LogP contribution in [0.25, 0.3) is 0 Å². The molecule has 0 saturated heterocycles. The van der Waals surface area contributed by atoms with Crippen LogP contribution in [0.4, 0.5) is 14.5 Å². The third-order valence-electron chi connectivity index (χ3n) is 2.32. The van der Waals surface area contributed by atoms with Gasteiger partial charge in [0.2, 0.25) is 5.82 Å².